The smallest absolute Gasteiger partial charge is 0.323 e. The monoisotopic (exact) mass is 428 g/mol. The Morgan fingerprint density at radius 1 is 1.20 bits per heavy atom. The summed E-state index contributed by atoms with van der Waals surface area (Å²) in [5.74, 6) is 1.09. The molecule has 0 spiro atoms. The van der Waals surface area contributed by atoms with Gasteiger partial charge in [-0.25, -0.2) is 4.79 Å². The van der Waals surface area contributed by atoms with E-state index in [0.717, 1.165) is 36.4 Å². The lowest BCUT2D eigenvalue weighted by atomic mass is 10.1. The van der Waals surface area contributed by atoms with Crippen molar-refractivity contribution in [2.75, 3.05) is 37.3 Å². The van der Waals surface area contributed by atoms with Crippen molar-refractivity contribution in [1.82, 2.24) is 20.4 Å². The molecule has 1 aliphatic rings. The topological polar surface area (TPSA) is 95.3 Å². The van der Waals surface area contributed by atoms with Crippen LogP contribution in [0.25, 0.3) is 11.5 Å². The van der Waals surface area contributed by atoms with Crippen LogP contribution in [-0.2, 0) is 0 Å². The van der Waals surface area contributed by atoms with Crippen molar-refractivity contribution in [3.8, 4) is 11.5 Å². The van der Waals surface area contributed by atoms with Crippen molar-refractivity contribution < 1.29 is 9.32 Å². The Kier molecular flexibility index (Phi) is 7.04. The Bertz CT molecular complexity index is 994. The molecule has 9 heteroatoms. The summed E-state index contributed by atoms with van der Waals surface area (Å²) in [6, 6.07) is 14.8. The van der Waals surface area contributed by atoms with E-state index in [1.807, 2.05) is 55.5 Å². The molecule has 3 aromatic rings. The van der Waals surface area contributed by atoms with Crippen LogP contribution in [0.1, 0.15) is 17.4 Å². The maximum Gasteiger partial charge on any atom is 0.323 e. The molecule has 1 unspecified atom stereocenters. The third-order valence-electron chi connectivity index (χ3n) is 5.02. The number of hydrogen-bond acceptors (Lipinski definition) is 6. The summed E-state index contributed by atoms with van der Waals surface area (Å²) in [4.78, 5) is 19.1. The third-order valence-corrected chi connectivity index (χ3v) is 5.02. The van der Waals surface area contributed by atoms with Crippen LogP contribution < -0.4 is 16.0 Å². The van der Waals surface area contributed by atoms with Gasteiger partial charge in [0.25, 0.3) is 5.89 Å². The molecule has 0 radical (unpaired) electrons. The molecule has 158 valence electrons. The van der Waals surface area contributed by atoms with Crippen LogP contribution in [0.5, 0.6) is 0 Å². The highest BCUT2D eigenvalue weighted by atomic mass is 35.5. The number of likely N-dealkylation sites (N-methyl/N-ethyl adjacent to an activating group) is 1. The fourth-order valence-electron chi connectivity index (χ4n) is 3.28. The van der Waals surface area contributed by atoms with Crippen molar-refractivity contribution in [3.05, 3.63) is 59.9 Å². The zero-order chi connectivity index (χ0) is 20.2. The molecule has 0 saturated carbocycles. The summed E-state index contributed by atoms with van der Waals surface area (Å²) in [6.07, 6.45) is 0. The highest BCUT2D eigenvalue weighted by molar-refractivity contribution is 6.00. The van der Waals surface area contributed by atoms with E-state index in [1.165, 1.54) is 0 Å². The fourth-order valence-corrected chi connectivity index (χ4v) is 3.28. The quantitative estimate of drug-likeness (QED) is 0.586. The molecule has 30 heavy (non-hydrogen) atoms. The molecule has 2 aromatic carbocycles. The summed E-state index contributed by atoms with van der Waals surface area (Å²) in [6.45, 7) is 4.61. The number of urea groups is 1. The van der Waals surface area contributed by atoms with Gasteiger partial charge in [0.1, 0.15) is 0 Å². The molecule has 3 N–H and O–H groups in total. The fraction of sp³-hybridized carbons (Fsp3) is 0.286. The number of amides is 2. The Morgan fingerprint density at radius 2 is 2.00 bits per heavy atom. The van der Waals surface area contributed by atoms with E-state index in [1.54, 1.807) is 0 Å². The van der Waals surface area contributed by atoms with Crippen LogP contribution in [0.2, 0.25) is 0 Å². The summed E-state index contributed by atoms with van der Waals surface area (Å²) >= 11 is 0. The predicted octanol–water partition coefficient (Wildman–Crippen LogP) is 3.69. The molecule has 2 heterocycles. The number of aromatic nitrogens is 2. The van der Waals surface area contributed by atoms with Gasteiger partial charge in [0.2, 0.25) is 0 Å². The molecule has 0 bridgehead atoms. The minimum Gasteiger partial charge on any atom is -0.334 e. The van der Waals surface area contributed by atoms with Crippen LogP contribution in [0, 0.1) is 6.92 Å². The van der Waals surface area contributed by atoms with Gasteiger partial charge in [0.15, 0.2) is 5.82 Å². The number of nitrogens with one attached hydrogen (secondary N) is 3. The number of carbonyl (C=O) groups is 1. The first-order chi connectivity index (χ1) is 14.1. The van der Waals surface area contributed by atoms with Crippen molar-refractivity contribution in [2.24, 2.45) is 0 Å². The molecule has 1 aromatic heterocycles. The number of benzene rings is 2. The lowest BCUT2D eigenvalue weighted by Gasteiger charge is -2.30. The first kappa shape index (κ1) is 21.8. The van der Waals surface area contributed by atoms with Gasteiger partial charge >= 0.3 is 6.03 Å². The first-order valence-corrected chi connectivity index (χ1v) is 9.59. The molecule has 2 amide bonds. The maximum absolute atomic E-state index is 12.3. The Hall–Kier alpha value is -2.94. The Labute approximate surface area is 181 Å². The maximum atomic E-state index is 12.3. The van der Waals surface area contributed by atoms with E-state index in [0.29, 0.717) is 17.4 Å². The number of hydrogen-bond donors (Lipinski definition) is 3. The van der Waals surface area contributed by atoms with Crippen molar-refractivity contribution in [2.45, 2.75) is 13.0 Å². The largest absolute Gasteiger partial charge is 0.334 e. The van der Waals surface area contributed by atoms with Gasteiger partial charge in [0, 0.05) is 36.6 Å². The Morgan fingerprint density at radius 3 is 2.77 bits per heavy atom. The lowest BCUT2D eigenvalue weighted by molar-refractivity contribution is 0.190. The average molecular weight is 429 g/mol. The van der Waals surface area contributed by atoms with Crippen molar-refractivity contribution in [3.63, 3.8) is 0 Å². The van der Waals surface area contributed by atoms with Gasteiger partial charge in [-0.05, 0) is 43.8 Å². The molecular weight excluding hydrogens is 404 g/mol. The first-order valence-electron chi connectivity index (χ1n) is 9.59. The summed E-state index contributed by atoms with van der Waals surface area (Å²) in [5, 5.41) is 13.2. The van der Waals surface area contributed by atoms with Crippen molar-refractivity contribution >= 4 is 29.8 Å². The summed E-state index contributed by atoms with van der Waals surface area (Å²) in [7, 11) is 2.06. The predicted molar refractivity (Wildman–Crippen MR) is 119 cm³/mol. The van der Waals surface area contributed by atoms with Crippen LogP contribution in [0.3, 0.4) is 0 Å². The molecule has 1 aliphatic heterocycles. The van der Waals surface area contributed by atoms with Crippen LogP contribution >= 0.6 is 12.4 Å². The van der Waals surface area contributed by atoms with Gasteiger partial charge in [0.05, 0.1) is 6.04 Å². The van der Waals surface area contributed by atoms with E-state index >= 15 is 0 Å². The van der Waals surface area contributed by atoms with E-state index in [4.69, 9.17) is 4.52 Å². The second-order valence-corrected chi connectivity index (χ2v) is 7.13. The molecule has 1 atom stereocenters. The van der Waals surface area contributed by atoms with E-state index in [-0.39, 0.29) is 24.5 Å². The van der Waals surface area contributed by atoms with Crippen LogP contribution in [0.15, 0.2) is 53.1 Å². The number of para-hydroxylation sites is 1. The zero-order valence-electron chi connectivity index (χ0n) is 16.9. The van der Waals surface area contributed by atoms with Gasteiger partial charge in [-0.2, -0.15) is 4.98 Å². The summed E-state index contributed by atoms with van der Waals surface area (Å²) < 4.78 is 5.50. The third kappa shape index (κ3) is 4.96. The second kappa shape index (κ2) is 9.71. The van der Waals surface area contributed by atoms with Crippen LogP contribution in [0.4, 0.5) is 16.2 Å². The number of nitrogens with zero attached hydrogens (tertiary/aromatic N) is 3. The molecule has 0 aliphatic carbocycles. The van der Waals surface area contributed by atoms with E-state index in [9.17, 15) is 4.79 Å². The highest BCUT2D eigenvalue weighted by Crippen LogP contribution is 2.26. The van der Waals surface area contributed by atoms with E-state index < -0.39 is 0 Å². The van der Waals surface area contributed by atoms with E-state index in [2.05, 4.69) is 38.0 Å². The SMILES string of the molecule is Cc1ccc(-c2nc(C3CNCCN3C)no2)cc1NC(=O)Nc1ccccc1.Cl. The van der Waals surface area contributed by atoms with Gasteiger partial charge in [-0.15, -0.1) is 12.4 Å². The number of halogens is 1. The average Bonchev–Trinajstić information content (AvgIpc) is 3.21. The molecule has 4 rings (SSSR count). The van der Waals surface area contributed by atoms with Gasteiger partial charge in [-0.1, -0.05) is 29.4 Å². The minimum absolute atomic E-state index is 0. The van der Waals surface area contributed by atoms with Gasteiger partial charge < -0.3 is 20.5 Å². The Balaban J connectivity index is 0.00000256. The molecular formula is C21H25ClN6O2. The second-order valence-electron chi connectivity index (χ2n) is 7.13. The number of piperazine rings is 1. The van der Waals surface area contributed by atoms with Crippen molar-refractivity contribution in [1.29, 1.82) is 0 Å². The number of rotatable bonds is 4. The molecule has 1 fully saturated rings. The molecule has 8 nitrogen and oxygen atoms in total. The highest BCUT2D eigenvalue weighted by Gasteiger charge is 2.25. The zero-order valence-corrected chi connectivity index (χ0v) is 17.7. The molecule has 1 saturated heterocycles. The lowest BCUT2D eigenvalue weighted by Crippen LogP contribution is -2.44. The standard InChI is InChI=1S/C21H24N6O2.ClH/c1-14-8-9-15(12-17(14)24-21(28)23-16-6-4-3-5-7-16)20-25-19(26-29-20)18-13-22-10-11-27(18)2;/h3-9,12,18,22H,10-11,13H2,1-2H3,(H2,23,24,28);1H. The normalized spacial score (nSPS) is 16.5. The minimum atomic E-state index is -0.308. The van der Waals surface area contributed by atoms with Crippen LogP contribution in [-0.4, -0.2) is 47.8 Å². The van der Waals surface area contributed by atoms with Gasteiger partial charge in [-0.3, -0.25) is 4.90 Å². The number of aryl methyl sites for hydroxylation is 1. The number of carbonyl (C=O) groups excluding carboxylic acids is 1. The number of anilines is 2. The summed E-state index contributed by atoms with van der Waals surface area (Å²) in [5.41, 5.74) is 3.11.